The maximum atomic E-state index is 12.7. The Morgan fingerprint density at radius 3 is 2.23 bits per heavy atom. The van der Waals surface area contributed by atoms with Crippen LogP contribution in [-0.2, 0) is 9.59 Å². The van der Waals surface area contributed by atoms with Crippen LogP contribution in [0.2, 0.25) is 5.02 Å². The number of rotatable bonds is 5. The number of benzene rings is 2. The molecular formula is C20H23ClN2O3. The largest absolute Gasteiger partial charge is 0.495 e. The van der Waals surface area contributed by atoms with Gasteiger partial charge in [-0.25, -0.2) is 0 Å². The summed E-state index contributed by atoms with van der Waals surface area (Å²) in [6.45, 7) is 7.05. The van der Waals surface area contributed by atoms with Crippen LogP contribution in [0.1, 0.15) is 25.0 Å². The van der Waals surface area contributed by atoms with E-state index in [4.69, 9.17) is 16.3 Å². The third-order valence-electron chi connectivity index (χ3n) is 4.18. The van der Waals surface area contributed by atoms with Crippen LogP contribution < -0.4 is 15.4 Å². The summed E-state index contributed by atoms with van der Waals surface area (Å²) in [7, 11) is 1.51. The number of amides is 2. The zero-order valence-corrected chi connectivity index (χ0v) is 16.3. The van der Waals surface area contributed by atoms with Crippen molar-refractivity contribution in [1.29, 1.82) is 0 Å². The van der Waals surface area contributed by atoms with Gasteiger partial charge in [0.2, 0.25) is 11.8 Å². The molecule has 0 saturated heterocycles. The molecule has 0 heterocycles. The number of nitrogens with one attached hydrogen (secondary N) is 2. The molecule has 2 N–H and O–H groups in total. The Labute approximate surface area is 158 Å². The average molecular weight is 375 g/mol. The molecule has 0 aliphatic rings. The Morgan fingerprint density at radius 2 is 1.65 bits per heavy atom. The fourth-order valence-corrected chi connectivity index (χ4v) is 2.62. The highest BCUT2D eigenvalue weighted by molar-refractivity contribution is 6.32. The second-order valence-corrected chi connectivity index (χ2v) is 7.11. The molecule has 0 fully saturated rings. The van der Waals surface area contributed by atoms with Gasteiger partial charge < -0.3 is 15.4 Å². The minimum Gasteiger partial charge on any atom is -0.495 e. The van der Waals surface area contributed by atoms with Crippen LogP contribution in [-0.4, -0.2) is 18.9 Å². The summed E-state index contributed by atoms with van der Waals surface area (Å²) in [5.41, 5.74) is 1.96. The van der Waals surface area contributed by atoms with E-state index in [9.17, 15) is 9.59 Å². The van der Waals surface area contributed by atoms with Crippen molar-refractivity contribution < 1.29 is 14.3 Å². The van der Waals surface area contributed by atoms with Gasteiger partial charge in [-0.1, -0.05) is 29.3 Å². The molecule has 2 rings (SSSR count). The molecule has 0 aromatic heterocycles. The van der Waals surface area contributed by atoms with E-state index < -0.39 is 11.3 Å². The SMILES string of the molecule is COc1ccc(NC(=O)C(C)(C)C(=O)Nc2ccc(C)cc2C)cc1Cl. The predicted molar refractivity (Wildman–Crippen MR) is 105 cm³/mol. The Morgan fingerprint density at radius 1 is 1.00 bits per heavy atom. The molecular weight excluding hydrogens is 352 g/mol. The number of methoxy groups -OCH3 is 1. The quantitative estimate of drug-likeness (QED) is 0.753. The normalized spacial score (nSPS) is 11.0. The van der Waals surface area contributed by atoms with E-state index in [0.717, 1.165) is 11.1 Å². The van der Waals surface area contributed by atoms with Crippen molar-refractivity contribution in [2.75, 3.05) is 17.7 Å². The summed E-state index contributed by atoms with van der Waals surface area (Å²) >= 11 is 6.07. The average Bonchev–Trinajstić information content (AvgIpc) is 2.57. The highest BCUT2D eigenvalue weighted by Gasteiger charge is 2.36. The van der Waals surface area contributed by atoms with Gasteiger partial charge >= 0.3 is 0 Å². The second-order valence-electron chi connectivity index (χ2n) is 6.70. The third-order valence-corrected chi connectivity index (χ3v) is 4.47. The van der Waals surface area contributed by atoms with Crippen molar-refractivity contribution in [1.82, 2.24) is 0 Å². The van der Waals surface area contributed by atoms with Crippen LogP contribution in [0.5, 0.6) is 5.75 Å². The topological polar surface area (TPSA) is 67.4 Å². The summed E-state index contributed by atoms with van der Waals surface area (Å²) in [5, 5.41) is 5.93. The molecule has 5 nitrogen and oxygen atoms in total. The summed E-state index contributed by atoms with van der Waals surface area (Å²) < 4.78 is 5.09. The number of aryl methyl sites for hydroxylation is 2. The maximum Gasteiger partial charge on any atom is 0.239 e. The van der Waals surface area contributed by atoms with Gasteiger partial charge in [0.25, 0.3) is 0 Å². The summed E-state index contributed by atoms with van der Waals surface area (Å²) in [6, 6.07) is 10.6. The van der Waals surface area contributed by atoms with E-state index in [1.807, 2.05) is 32.0 Å². The lowest BCUT2D eigenvalue weighted by atomic mass is 9.90. The van der Waals surface area contributed by atoms with E-state index in [1.165, 1.54) is 7.11 Å². The Bertz CT molecular complexity index is 847. The fraction of sp³-hybridized carbons (Fsp3) is 0.300. The fourth-order valence-electron chi connectivity index (χ4n) is 2.37. The lowest BCUT2D eigenvalue weighted by Crippen LogP contribution is -2.41. The van der Waals surface area contributed by atoms with Crippen LogP contribution in [0.15, 0.2) is 36.4 Å². The zero-order valence-electron chi connectivity index (χ0n) is 15.6. The van der Waals surface area contributed by atoms with Crippen molar-refractivity contribution >= 4 is 34.8 Å². The third kappa shape index (κ3) is 4.35. The Hall–Kier alpha value is -2.53. The lowest BCUT2D eigenvalue weighted by molar-refractivity contribution is -0.135. The van der Waals surface area contributed by atoms with Crippen molar-refractivity contribution in [3.05, 3.63) is 52.5 Å². The molecule has 0 spiro atoms. The number of hydrogen-bond acceptors (Lipinski definition) is 3. The molecule has 138 valence electrons. The first kappa shape index (κ1) is 19.8. The van der Waals surface area contributed by atoms with Gasteiger partial charge in [0, 0.05) is 11.4 Å². The first-order chi connectivity index (χ1) is 12.1. The molecule has 0 aliphatic heterocycles. The molecule has 0 aliphatic carbocycles. The second kappa shape index (κ2) is 7.79. The van der Waals surface area contributed by atoms with Crippen LogP contribution >= 0.6 is 11.6 Å². The number of ether oxygens (including phenoxy) is 1. The van der Waals surface area contributed by atoms with Crippen LogP contribution in [0, 0.1) is 19.3 Å². The molecule has 2 aromatic carbocycles. The van der Waals surface area contributed by atoms with E-state index >= 15 is 0 Å². The highest BCUT2D eigenvalue weighted by atomic mass is 35.5. The molecule has 0 radical (unpaired) electrons. The van der Waals surface area contributed by atoms with E-state index in [-0.39, 0.29) is 5.91 Å². The molecule has 0 unspecified atom stereocenters. The lowest BCUT2D eigenvalue weighted by Gasteiger charge is -2.23. The maximum absolute atomic E-state index is 12.7. The van der Waals surface area contributed by atoms with Gasteiger partial charge in [0.1, 0.15) is 11.2 Å². The zero-order chi connectivity index (χ0) is 19.5. The van der Waals surface area contributed by atoms with Gasteiger partial charge in [0.15, 0.2) is 0 Å². The molecule has 0 atom stereocenters. The van der Waals surface area contributed by atoms with Gasteiger partial charge in [-0.05, 0) is 57.5 Å². The summed E-state index contributed by atoms with van der Waals surface area (Å²) in [6.07, 6.45) is 0. The van der Waals surface area contributed by atoms with Crippen LogP contribution in [0.25, 0.3) is 0 Å². The predicted octanol–water partition coefficient (Wildman–Crippen LogP) is 4.57. The van der Waals surface area contributed by atoms with Gasteiger partial charge in [-0.2, -0.15) is 0 Å². The number of anilines is 2. The molecule has 6 heteroatoms. The Balaban J connectivity index is 2.13. The van der Waals surface area contributed by atoms with Crippen molar-refractivity contribution in [3.63, 3.8) is 0 Å². The standard InChI is InChI=1S/C20H23ClN2O3/c1-12-6-8-16(13(2)10-12)23-19(25)20(3,4)18(24)22-14-7-9-17(26-5)15(21)11-14/h6-11H,1-5H3,(H,22,24)(H,23,25). The summed E-state index contributed by atoms with van der Waals surface area (Å²) in [5.74, 6) is -0.306. The number of carbonyl (C=O) groups is 2. The van der Waals surface area contributed by atoms with Gasteiger partial charge in [-0.3, -0.25) is 9.59 Å². The monoisotopic (exact) mass is 374 g/mol. The number of carbonyl (C=O) groups excluding carboxylic acids is 2. The van der Waals surface area contributed by atoms with Crippen LogP contribution in [0.4, 0.5) is 11.4 Å². The Kier molecular flexibility index (Phi) is 5.93. The molecule has 26 heavy (non-hydrogen) atoms. The number of halogens is 1. The summed E-state index contributed by atoms with van der Waals surface area (Å²) in [4.78, 5) is 25.3. The van der Waals surface area contributed by atoms with Gasteiger partial charge in [-0.15, -0.1) is 0 Å². The molecule has 0 saturated carbocycles. The van der Waals surface area contributed by atoms with Gasteiger partial charge in [0.05, 0.1) is 12.1 Å². The van der Waals surface area contributed by atoms with Crippen molar-refractivity contribution in [2.45, 2.75) is 27.7 Å². The first-order valence-electron chi connectivity index (χ1n) is 8.19. The smallest absolute Gasteiger partial charge is 0.239 e. The molecule has 0 bridgehead atoms. The minimum atomic E-state index is -1.27. The highest BCUT2D eigenvalue weighted by Crippen LogP contribution is 2.29. The van der Waals surface area contributed by atoms with Crippen LogP contribution in [0.3, 0.4) is 0 Å². The minimum absolute atomic E-state index is 0.378. The van der Waals surface area contributed by atoms with Crippen molar-refractivity contribution in [3.8, 4) is 5.75 Å². The van der Waals surface area contributed by atoms with E-state index in [2.05, 4.69) is 10.6 Å². The first-order valence-corrected chi connectivity index (χ1v) is 8.56. The molecule has 2 amide bonds. The van der Waals surface area contributed by atoms with E-state index in [1.54, 1.807) is 32.0 Å². The number of hydrogen-bond donors (Lipinski definition) is 2. The molecule has 2 aromatic rings. The van der Waals surface area contributed by atoms with Crippen molar-refractivity contribution in [2.24, 2.45) is 5.41 Å². The van der Waals surface area contributed by atoms with E-state index in [0.29, 0.717) is 22.1 Å².